The molecule has 0 aliphatic carbocycles. The molecule has 2 fully saturated rings. The minimum Gasteiger partial charge on any atom is -0.487 e. The molecule has 1 N–H and O–H groups in total. The Bertz CT molecular complexity index is 1880. The Kier molecular flexibility index (Phi) is 14.1. The Morgan fingerprint density at radius 1 is 1.13 bits per heavy atom. The summed E-state index contributed by atoms with van der Waals surface area (Å²) < 4.78 is 75.0. The van der Waals surface area contributed by atoms with Crippen molar-refractivity contribution in [1.29, 1.82) is 0 Å². The van der Waals surface area contributed by atoms with E-state index in [9.17, 15) is 18.0 Å². The number of nitrogens with zero attached hydrogens (tertiary/aromatic N) is 2. The van der Waals surface area contributed by atoms with Gasteiger partial charge in [0.1, 0.15) is 18.5 Å². The van der Waals surface area contributed by atoms with Gasteiger partial charge in [0.25, 0.3) is 0 Å². The topological polar surface area (TPSA) is 170 Å². The smallest absolute Gasteiger partial charge is 0.410 e. The van der Waals surface area contributed by atoms with Crippen LogP contribution in [-0.4, -0.2) is 92.2 Å². The highest BCUT2D eigenvalue weighted by atomic mass is 127. The van der Waals surface area contributed by atoms with E-state index in [1.807, 2.05) is 50.4 Å². The predicted molar refractivity (Wildman–Crippen MR) is 208 cm³/mol. The van der Waals surface area contributed by atoms with Gasteiger partial charge in [0.05, 0.1) is 41.3 Å². The van der Waals surface area contributed by atoms with Crippen molar-refractivity contribution in [3.05, 3.63) is 64.1 Å². The van der Waals surface area contributed by atoms with Crippen molar-refractivity contribution >= 4 is 56.0 Å². The summed E-state index contributed by atoms with van der Waals surface area (Å²) in [5.74, 6) is 0.200. The van der Waals surface area contributed by atoms with Crippen LogP contribution < -0.4 is 19.5 Å². The number of hydrogen-bond donors (Lipinski definition) is 1. The molecular weight excluding hydrogens is 869 g/mol. The van der Waals surface area contributed by atoms with Gasteiger partial charge in [-0.1, -0.05) is 48.6 Å². The largest absolute Gasteiger partial charge is 0.487 e. The minimum atomic E-state index is -4.17. The molecule has 3 aromatic rings. The first kappa shape index (κ1) is 41.4. The van der Waals surface area contributed by atoms with Crippen LogP contribution in [0, 0.1) is 18.8 Å². The van der Waals surface area contributed by atoms with Gasteiger partial charge in [-0.2, -0.15) is 4.31 Å². The lowest BCUT2D eigenvalue weighted by Gasteiger charge is -2.33. The number of amides is 1. The molecule has 0 spiro atoms. The molecule has 0 saturated carbocycles. The number of halogens is 1. The van der Waals surface area contributed by atoms with Gasteiger partial charge in [0, 0.05) is 28.8 Å². The normalized spacial score (nSPS) is 20.0. The van der Waals surface area contributed by atoms with Gasteiger partial charge in [0.15, 0.2) is 24.5 Å². The van der Waals surface area contributed by atoms with Gasteiger partial charge >= 0.3 is 12.1 Å². The second-order valence-corrected chi connectivity index (χ2v) is 17.8. The highest BCUT2D eigenvalue weighted by Gasteiger charge is 2.47. The molecule has 300 valence electrons. The molecule has 2 saturated heterocycles. The maximum absolute atomic E-state index is 14.3. The molecule has 6 rings (SSSR count). The van der Waals surface area contributed by atoms with Gasteiger partial charge in [-0.15, -0.1) is 11.3 Å². The number of alkyl halides is 1. The Balaban J connectivity index is 1.17. The molecule has 0 bridgehead atoms. The third-order valence-corrected chi connectivity index (χ3v) is 12.2. The van der Waals surface area contributed by atoms with Crippen molar-refractivity contribution < 1.29 is 55.9 Å². The van der Waals surface area contributed by atoms with E-state index in [0.29, 0.717) is 54.2 Å². The summed E-state index contributed by atoms with van der Waals surface area (Å²) in [7, 11) is -4.17. The summed E-state index contributed by atoms with van der Waals surface area (Å²) in [6.07, 6.45) is -0.372. The number of aromatic nitrogens is 1. The summed E-state index contributed by atoms with van der Waals surface area (Å²) >= 11 is 3.67. The summed E-state index contributed by atoms with van der Waals surface area (Å²) in [6, 6.07) is 11.9. The number of carbonyl (C=O) groups is 2. The molecule has 18 heteroatoms. The number of alkyl carbamates (subject to hydrolysis) is 1. The molecule has 4 heterocycles. The number of esters is 1. The van der Waals surface area contributed by atoms with E-state index in [1.54, 1.807) is 11.3 Å². The SMILES string of the molecule is Cc1nc(COc2ccc(CCC[C@](NC(=O)O[C@H]3CO[C@H]4OCC[C@H]43)(OCCI)C(=O)OCN(CC(C)C)S(=O)(=O)c3ccc4c(c3)OCO4)cc2)cs1. The quantitative estimate of drug-likeness (QED) is 0.0687. The third kappa shape index (κ3) is 10.6. The molecule has 4 atom stereocenters. The Labute approximate surface area is 338 Å². The molecule has 3 aliphatic rings. The Hall–Kier alpha value is -3.27. The number of aryl methyl sites for hydroxylation is 2. The van der Waals surface area contributed by atoms with Crippen molar-refractivity contribution in [2.45, 2.75) is 76.1 Å². The van der Waals surface area contributed by atoms with E-state index >= 15 is 0 Å². The van der Waals surface area contributed by atoms with Crippen LogP contribution in [0.25, 0.3) is 0 Å². The van der Waals surface area contributed by atoms with Gasteiger partial charge in [-0.25, -0.2) is 23.0 Å². The summed E-state index contributed by atoms with van der Waals surface area (Å²) in [5, 5.41) is 5.62. The molecule has 0 unspecified atom stereocenters. The first-order valence-corrected chi connectivity index (χ1v) is 21.9. The second kappa shape index (κ2) is 18.8. The zero-order chi connectivity index (χ0) is 39.0. The number of benzene rings is 2. The van der Waals surface area contributed by atoms with E-state index in [2.05, 4.69) is 32.9 Å². The van der Waals surface area contributed by atoms with Crippen LogP contribution in [-0.2, 0) is 51.5 Å². The van der Waals surface area contributed by atoms with Gasteiger partial charge in [-0.3, -0.25) is 5.32 Å². The van der Waals surface area contributed by atoms with Crippen LogP contribution in [0.5, 0.6) is 17.2 Å². The highest BCUT2D eigenvalue weighted by molar-refractivity contribution is 14.1. The Morgan fingerprint density at radius 3 is 2.67 bits per heavy atom. The van der Waals surface area contributed by atoms with Crippen LogP contribution in [0.1, 0.15) is 49.4 Å². The number of fused-ring (bicyclic) bond motifs is 2. The summed E-state index contributed by atoms with van der Waals surface area (Å²) in [5.41, 5.74) is -0.181. The molecule has 15 nitrogen and oxygen atoms in total. The summed E-state index contributed by atoms with van der Waals surface area (Å²) in [6.45, 7) is 6.11. The van der Waals surface area contributed by atoms with Gasteiger partial charge in [-0.05, 0) is 61.9 Å². The first-order chi connectivity index (χ1) is 26.5. The van der Waals surface area contributed by atoms with Gasteiger partial charge < -0.3 is 37.9 Å². The number of hydrogen-bond acceptors (Lipinski definition) is 14. The van der Waals surface area contributed by atoms with Crippen LogP contribution in [0.15, 0.2) is 52.7 Å². The number of rotatable bonds is 19. The number of thiazole rings is 1. The lowest BCUT2D eigenvalue weighted by atomic mass is 10.0. The highest BCUT2D eigenvalue weighted by Crippen LogP contribution is 2.36. The van der Waals surface area contributed by atoms with Crippen LogP contribution in [0.2, 0.25) is 0 Å². The zero-order valence-electron chi connectivity index (χ0n) is 30.9. The average molecular weight is 916 g/mol. The average Bonchev–Trinajstić information content (AvgIpc) is 3.98. The number of nitrogens with one attached hydrogen (secondary N) is 1. The second-order valence-electron chi connectivity index (χ2n) is 13.7. The van der Waals surface area contributed by atoms with Crippen molar-refractivity contribution in [1.82, 2.24) is 14.6 Å². The van der Waals surface area contributed by atoms with Crippen LogP contribution in [0.3, 0.4) is 0 Å². The monoisotopic (exact) mass is 915 g/mol. The lowest BCUT2D eigenvalue weighted by Crippen LogP contribution is -2.59. The Morgan fingerprint density at radius 2 is 1.93 bits per heavy atom. The van der Waals surface area contributed by atoms with E-state index in [1.165, 1.54) is 18.2 Å². The first-order valence-electron chi connectivity index (χ1n) is 18.1. The number of carbonyl (C=O) groups excluding carboxylic acids is 2. The molecule has 0 radical (unpaired) electrons. The molecule has 1 amide bonds. The molecule has 55 heavy (non-hydrogen) atoms. The standard InChI is InChI=1S/C37H46IN3O12S2/c1-24(2)18-41(55(44,45)29-10-11-31-32(17-29)51-23-50-31)22-49-35(42)37(52-16-14-38,40-36(43)53-33-20-48-34-30(33)12-15-46-34)13-4-5-26-6-8-28(9-7-26)47-19-27-21-54-25(3)39-27/h6-11,17,21,24,30,33-34H,4-5,12-16,18-20,22-23H2,1-3H3,(H,40,43)/t30-,33-,34+,37-/m0/s1. The maximum Gasteiger partial charge on any atom is 0.410 e. The fourth-order valence-corrected chi connectivity index (χ4v) is 8.76. The van der Waals surface area contributed by atoms with E-state index < -0.39 is 46.9 Å². The molecule has 2 aromatic carbocycles. The fourth-order valence-electron chi connectivity index (χ4n) is 6.46. The van der Waals surface area contributed by atoms with E-state index in [0.717, 1.165) is 20.6 Å². The van der Waals surface area contributed by atoms with Crippen molar-refractivity contribution in [3.63, 3.8) is 0 Å². The predicted octanol–water partition coefficient (Wildman–Crippen LogP) is 5.57. The van der Waals surface area contributed by atoms with Crippen molar-refractivity contribution in [2.75, 3.05) is 44.3 Å². The van der Waals surface area contributed by atoms with E-state index in [-0.39, 0.29) is 49.7 Å². The summed E-state index contributed by atoms with van der Waals surface area (Å²) in [4.78, 5) is 32.2. The third-order valence-electron chi connectivity index (χ3n) is 9.16. The van der Waals surface area contributed by atoms with Crippen LogP contribution >= 0.6 is 33.9 Å². The minimum absolute atomic E-state index is 0.00553. The van der Waals surface area contributed by atoms with Crippen LogP contribution in [0.4, 0.5) is 4.79 Å². The molecule has 3 aliphatic heterocycles. The lowest BCUT2D eigenvalue weighted by molar-refractivity contribution is -0.180. The maximum atomic E-state index is 14.3. The molecule has 1 aromatic heterocycles. The molecular formula is C37H46IN3O12S2. The van der Waals surface area contributed by atoms with Crippen molar-refractivity contribution in [3.8, 4) is 17.2 Å². The fraction of sp³-hybridized carbons (Fsp3) is 0.541. The van der Waals surface area contributed by atoms with Crippen molar-refractivity contribution in [2.24, 2.45) is 11.8 Å². The number of ether oxygens (including phenoxy) is 8. The number of sulfonamides is 1. The van der Waals surface area contributed by atoms with E-state index in [4.69, 9.17) is 37.9 Å². The van der Waals surface area contributed by atoms with Gasteiger partial charge in [0.2, 0.25) is 22.5 Å². The zero-order valence-corrected chi connectivity index (χ0v) is 34.7.